The zero-order valence-electron chi connectivity index (χ0n) is 9.37. The maximum absolute atomic E-state index is 5.52. The molecule has 2 aliphatic rings. The summed E-state index contributed by atoms with van der Waals surface area (Å²) in [5.74, 6) is 1.83. The summed E-state index contributed by atoms with van der Waals surface area (Å²) in [6.45, 7) is 0. The van der Waals surface area contributed by atoms with Crippen LogP contribution in [0.15, 0.2) is 0 Å². The molecule has 2 nitrogen and oxygen atoms in total. The van der Waals surface area contributed by atoms with Crippen molar-refractivity contribution in [3.8, 4) is 0 Å². The number of methoxy groups -OCH3 is 2. The van der Waals surface area contributed by atoms with E-state index in [1.165, 1.54) is 38.5 Å². The molecule has 0 aliphatic heterocycles. The van der Waals surface area contributed by atoms with Crippen molar-refractivity contribution >= 4 is 0 Å². The first-order valence-corrected chi connectivity index (χ1v) is 5.90. The van der Waals surface area contributed by atoms with Crippen LogP contribution >= 0.6 is 0 Å². The molecule has 0 aromatic carbocycles. The number of fused-ring (bicyclic) bond motifs is 1. The van der Waals surface area contributed by atoms with Gasteiger partial charge in [0.2, 0.25) is 0 Å². The summed E-state index contributed by atoms with van der Waals surface area (Å²) in [6.07, 6.45) is 8.82. The van der Waals surface area contributed by atoms with Crippen LogP contribution in [-0.4, -0.2) is 26.4 Å². The highest BCUT2D eigenvalue weighted by atomic mass is 16.5. The Labute approximate surface area is 87.0 Å². The largest absolute Gasteiger partial charge is 0.379 e. The molecule has 82 valence electrons. The van der Waals surface area contributed by atoms with Gasteiger partial charge in [-0.15, -0.1) is 0 Å². The monoisotopic (exact) mass is 198 g/mol. The van der Waals surface area contributed by atoms with Crippen LogP contribution in [-0.2, 0) is 9.47 Å². The van der Waals surface area contributed by atoms with E-state index >= 15 is 0 Å². The molecule has 0 N–H and O–H groups in total. The van der Waals surface area contributed by atoms with Gasteiger partial charge in [0.05, 0.1) is 12.2 Å². The van der Waals surface area contributed by atoms with Crippen LogP contribution in [0.5, 0.6) is 0 Å². The Morgan fingerprint density at radius 3 is 1.57 bits per heavy atom. The lowest BCUT2D eigenvalue weighted by Gasteiger charge is -2.42. The van der Waals surface area contributed by atoms with Crippen molar-refractivity contribution in [1.82, 2.24) is 0 Å². The third-order valence-corrected chi connectivity index (χ3v) is 4.16. The van der Waals surface area contributed by atoms with Crippen LogP contribution in [0.3, 0.4) is 0 Å². The summed E-state index contributed by atoms with van der Waals surface area (Å²) in [7, 11) is 3.64. The SMILES string of the molecule is CO[C@@H]1C[C@H]2CCCC[C@@H]2C[C@H]1OC. The van der Waals surface area contributed by atoms with Gasteiger partial charge in [-0.1, -0.05) is 25.7 Å². The zero-order valence-corrected chi connectivity index (χ0v) is 9.37. The van der Waals surface area contributed by atoms with Crippen molar-refractivity contribution in [3.05, 3.63) is 0 Å². The smallest absolute Gasteiger partial charge is 0.0835 e. The maximum Gasteiger partial charge on any atom is 0.0835 e. The van der Waals surface area contributed by atoms with Crippen LogP contribution in [0.2, 0.25) is 0 Å². The van der Waals surface area contributed by atoms with Crippen molar-refractivity contribution in [2.24, 2.45) is 11.8 Å². The maximum atomic E-state index is 5.52. The van der Waals surface area contributed by atoms with Gasteiger partial charge < -0.3 is 9.47 Å². The van der Waals surface area contributed by atoms with Gasteiger partial charge in [0, 0.05) is 14.2 Å². The van der Waals surface area contributed by atoms with Gasteiger partial charge >= 0.3 is 0 Å². The summed E-state index contributed by atoms with van der Waals surface area (Å²) in [4.78, 5) is 0. The fourth-order valence-electron chi connectivity index (χ4n) is 3.30. The molecule has 0 aromatic heterocycles. The Balaban J connectivity index is 1.98. The second-order valence-corrected chi connectivity index (χ2v) is 4.82. The van der Waals surface area contributed by atoms with Gasteiger partial charge in [-0.05, 0) is 24.7 Å². The highest BCUT2D eigenvalue weighted by Gasteiger charge is 2.38. The van der Waals surface area contributed by atoms with Gasteiger partial charge in [-0.2, -0.15) is 0 Å². The van der Waals surface area contributed by atoms with E-state index < -0.39 is 0 Å². The summed E-state index contributed by atoms with van der Waals surface area (Å²) in [5.41, 5.74) is 0. The van der Waals surface area contributed by atoms with E-state index in [9.17, 15) is 0 Å². The van der Waals surface area contributed by atoms with E-state index in [-0.39, 0.29) is 0 Å². The number of hydrogen-bond acceptors (Lipinski definition) is 2. The summed E-state index contributed by atoms with van der Waals surface area (Å²) >= 11 is 0. The molecule has 0 radical (unpaired) electrons. The van der Waals surface area contributed by atoms with E-state index in [0.29, 0.717) is 12.2 Å². The molecule has 0 bridgehead atoms. The average Bonchev–Trinajstić information content (AvgIpc) is 2.27. The minimum atomic E-state index is 0.347. The fraction of sp³-hybridized carbons (Fsp3) is 1.00. The Hall–Kier alpha value is -0.0800. The van der Waals surface area contributed by atoms with E-state index in [1.54, 1.807) is 0 Å². The standard InChI is InChI=1S/C12H22O2/c1-13-11-7-9-5-3-4-6-10(9)8-12(11)14-2/h9-12H,3-8H2,1-2H3/t9-,10-,11-,12-/m1/s1. The van der Waals surface area contributed by atoms with E-state index in [1.807, 2.05) is 14.2 Å². The van der Waals surface area contributed by atoms with Crippen LogP contribution in [0.4, 0.5) is 0 Å². The van der Waals surface area contributed by atoms with Crippen molar-refractivity contribution in [2.75, 3.05) is 14.2 Å². The summed E-state index contributed by atoms with van der Waals surface area (Å²) in [5, 5.41) is 0. The molecule has 14 heavy (non-hydrogen) atoms. The zero-order chi connectivity index (χ0) is 9.97. The molecular weight excluding hydrogens is 176 g/mol. The normalized spacial score (nSPS) is 43.3. The molecule has 2 rings (SSSR count). The molecule has 2 saturated carbocycles. The summed E-state index contributed by atoms with van der Waals surface area (Å²) in [6, 6.07) is 0. The quantitative estimate of drug-likeness (QED) is 0.679. The molecule has 0 aromatic rings. The fourth-order valence-corrected chi connectivity index (χ4v) is 3.30. The molecular formula is C12H22O2. The van der Waals surface area contributed by atoms with Crippen molar-refractivity contribution in [2.45, 2.75) is 50.7 Å². The van der Waals surface area contributed by atoms with Gasteiger partial charge in [-0.3, -0.25) is 0 Å². The second-order valence-electron chi connectivity index (χ2n) is 4.82. The highest BCUT2D eigenvalue weighted by molar-refractivity contribution is 4.89. The minimum absolute atomic E-state index is 0.347. The third-order valence-electron chi connectivity index (χ3n) is 4.16. The first-order valence-electron chi connectivity index (χ1n) is 5.90. The van der Waals surface area contributed by atoms with Gasteiger partial charge in [0.25, 0.3) is 0 Å². The molecule has 0 unspecified atom stereocenters. The number of ether oxygens (including phenoxy) is 2. The van der Waals surface area contributed by atoms with E-state index in [0.717, 1.165) is 11.8 Å². The molecule has 2 heteroatoms. The predicted octanol–water partition coefficient (Wildman–Crippen LogP) is 2.62. The van der Waals surface area contributed by atoms with Gasteiger partial charge in [0.15, 0.2) is 0 Å². The lowest BCUT2D eigenvalue weighted by atomic mass is 9.69. The van der Waals surface area contributed by atoms with Gasteiger partial charge in [-0.25, -0.2) is 0 Å². The van der Waals surface area contributed by atoms with Crippen LogP contribution in [0, 0.1) is 11.8 Å². The van der Waals surface area contributed by atoms with Gasteiger partial charge in [0.1, 0.15) is 0 Å². The number of hydrogen-bond donors (Lipinski definition) is 0. The molecule has 0 saturated heterocycles. The van der Waals surface area contributed by atoms with E-state index in [4.69, 9.17) is 9.47 Å². The van der Waals surface area contributed by atoms with Crippen molar-refractivity contribution in [1.29, 1.82) is 0 Å². The lowest BCUT2D eigenvalue weighted by Crippen LogP contribution is -2.42. The minimum Gasteiger partial charge on any atom is -0.379 e. The first-order chi connectivity index (χ1) is 6.85. The Morgan fingerprint density at radius 1 is 0.786 bits per heavy atom. The summed E-state index contributed by atoms with van der Waals surface area (Å²) < 4.78 is 11.0. The van der Waals surface area contributed by atoms with E-state index in [2.05, 4.69) is 0 Å². The molecule has 2 fully saturated rings. The number of rotatable bonds is 2. The van der Waals surface area contributed by atoms with Crippen LogP contribution < -0.4 is 0 Å². The molecule has 0 heterocycles. The lowest BCUT2D eigenvalue weighted by molar-refractivity contribution is -0.0934. The average molecular weight is 198 g/mol. The molecule has 0 amide bonds. The highest BCUT2D eigenvalue weighted by Crippen LogP contribution is 2.41. The molecule has 2 aliphatic carbocycles. The first kappa shape index (κ1) is 10.4. The predicted molar refractivity (Wildman–Crippen MR) is 56.3 cm³/mol. The Bertz CT molecular complexity index is 157. The van der Waals surface area contributed by atoms with Crippen LogP contribution in [0.1, 0.15) is 38.5 Å². The Morgan fingerprint density at radius 2 is 1.21 bits per heavy atom. The van der Waals surface area contributed by atoms with Crippen LogP contribution in [0.25, 0.3) is 0 Å². The van der Waals surface area contributed by atoms with Crippen molar-refractivity contribution < 1.29 is 9.47 Å². The molecule has 0 spiro atoms. The molecule has 4 atom stereocenters. The second kappa shape index (κ2) is 4.63. The topological polar surface area (TPSA) is 18.5 Å². The van der Waals surface area contributed by atoms with Crippen molar-refractivity contribution in [3.63, 3.8) is 0 Å². The Kier molecular flexibility index (Phi) is 3.45. The third kappa shape index (κ3) is 1.96.